The number of methoxy groups -OCH3 is 1. The highest BCUT2D eigenvalue weighted by Crippen LogP contribution is 2.27. The number of anilines is 1. The highest BCUT2D eigenvalue weighted by molar-refractivity contribution is 7.99. The number of hydrogen-bond acceptors (Lipinski definition) is 4. The van der Waals surface area contributed by atoms with Gasteiger partial charge >= 0.3 is 0 Å². The van der Waals surface area contributed by atoms with E-state index in [0.717, 1.165) is 22.8 Å². The lowest BCUT2D eigenvalue weighted by molar-refractivity contribution is 0.300. The van der Waals surface area contributed by atoms with E-state index in [1.807, 2.05) is 25.1 Å². The fourth-order valence-corrected chi connectivity index (χ4v) is 1.99. The SMILES string of the molecule is COc1ccc(N)cc1CSC(C)CO. The van der Waals surface area contributed by atoms with Crippen molar-refractivity contribution in [2.24, 2.45) is 0 Å². The molecule has 0 aliphatic heterocycles. The molecule has 4 heteroatoms. The Hall–Kier alpha value is -0.870. The Balaban J connectivity index is 2.69. The maximum absolute atomic E-state index is 8.92. The van der Waals surface area contributed by atoms with Gasteiger partial charge in [-0.3, -0.25) is 0 Å². The van der Waals surface area contributed by atoms with Crippen LogP contribution in [-0.2, 0) is 5.75 Å². The molecule has 0 saturated carbocycles. The van der Waals surface area contributed by atoms with Gasteiger partial charge in [-0.2, -0.15) is 11.8 Å². The Labute approximate surface area is 94.6 Å². The van der Waals surface area contributed by atoms with Crippen molar-refractivity contribution in [2.75, 3.05) is 19.5 Å². The molecule has 0 saturated heterocycles. The number of thioether (sulfide) groups is 1. The molecule has 1 rings (SSSR count). The summed E-state index contributed by atoms with van der Waals surface area (Å²) in [5, 5.41) is 9.15. The predicted octanol–water partition coefficient (Wildman–Crippen LogP) is 1.89. The Morgan fingerprint density at radius 1 is 1.53 bits per heavy atom. The van der Waals surface area contributed by atoms with Crippen molar-refractivity contribution in [1.29, 1.82) is 0 Å². The average molecular weight is 227 g/mol. The zero-order valence-electron chi connectivity index (χ0n) is 9.06. The fraction of sp³-hybridized carbons (Fsp3) is 0.455. The predicted molar refractivity (Wildman–Crippen MR) is 65.2 cm³/mol. The van der Waals surface area contributed by atoms with Crippen LogP contribution in [0.5, 0.6) is 5.75 Å². The minimum Gasteiger partial charge on any atom is -0.496 e. The summed E-state index contributed by atoms with van der Waals surface area (Å²) in [4.78, 5) is 0. The molecule has 0 aromatic heterocycles. The number of benzene rings is 1. The van der Waals surface area contributed by atoms with Gasteiger partial charge in [-0.1, -0.05) is 6.92 Å². The summed E-state index contributed by atoms with van der Waals surface area (Å²) in [5.74, 6) is 1.65. The number of ether oxygens (including phenoxy) is 1. The van der Waals surface area contributed by atoms with E-state index in [9.17, 15) is 0 Å². The van der Waals surface area contributed by atoms with Crippen LogP contribution in [0.2, 0.25) is 0 Å². The molecule has 1 aromatic carbocycles. The molecule has 0 bridgehead atoms. The zero-order chi connectivity index (χ0) is 11.3. The highest BCUT2D eigenvalue weighted by atomic mass is 32.2. The van der Waals surface area contributed by atoms with Crippen LogP contribution in [0, 0.1) is 0 Å². The number of aliphatic hydroxyl groups excluding tert-OH is 1. The van der Waals surface area contributed by atoms with E-state index in [1.54, 1.807) is 18.9 Å². The smallest absolute Gasteiger partial charge is 0.123 e. The van der Waals surface area contributed by atoms with E-state index in [0.29, 0.717) is 0 Å². The maximum atomic E-state index is 8.92. The molecule has 0 spiro atoms. The lowest BCUT2D eigenvalue weighted by Crippen LogP contribution is -2.03. The van der Waals surface area contributed by atoms with E-state index in [1.165, 1.54) is 0 Å². The van der Waals surface area contributed by atoms with Crippen LogP contribution >= 0.6 is 11.8 Å². The maximum Gasteiger partial charge on any atom is 0.123 e. The second-order valence-electron chi connectivity index (χ2n) is 3.38. The number of rotatable bonds is 5. The summed E-state index contributed by atoms with van der Waals surface area (Å²) in [6, 6.07) is 5.60. The summed E-state index contributed by atoms with van der Waals surface area (Å²) in [6.07, 6.45) is 0. The van der Waals surface area contributed by atoms with Gasteiger partial charge in [0.2, 0.25) is 0 Å². The second kappa shape index (κ2) is 5.88. The van der Waals surface area contributed by atoms with Crippen molar-refractivity contribution < 1.29 is 9.84 Å². The zero-order valence-corrected chi connectivity index (χ0v) is 9.88. The van der Waals surface area contributed by atoms with Crippen LogP contribution in [0.4, 0.5) is 5.69 Å². The first-order valence-corrected chi connectivity index (χ1v) is 5.87. The summed E-state index contributed by atoms with van der Waals surface area (Å²) < 4.78 is 5.23. The standard InChI is InChI=1S/C11H17NO2S/c1-8(6-13)15-7-9-5-10(12)3-4-11(9)14-2/h3-5,8,13H,6-7,12H2,1-2H3. The third-order valence-corrected chi connectivity index (χ3v) is 3.28. The number of aliphatic hydroxyl groups is 1. The summed E-state index contributed by atoms with van der Waals surface area (Å²) >= 11 is 1.68. The van der Waals surface area contributed by atoms with Crippen LogP contribution in [0.25, 0.3) is 0 Å². The van der Waals surface area contributed by atoms with Crippen molar-refractivity contribution in [3.63, 3.8) is 0 Å². The molecule has 0 heterocycles. The van der Waals surface area contributed by atoms with Gasteiger partial charge in [-0.25, -0.2) is 0 Å². The largest absolute Gasteiger partial charge is 0.496 e. The lowest BCUT2D eigenvalue weighted by Gasteiger charge is -2.11. The molecule has 3 N–H and O–H groups in total. The Kier molecular flexibility index (Phi) is 4.78. The van der Waals surface area contributed by atoms with Crippen molar-refractivity contribution in [3.05, 3.63) is 23.8 Å². The first kappa shape index (κ1) is 12.2. The molecule has 1 atom stereocenters. The van der Waals surface area contributed by atoms with Crippen molar-refractivity contribution in [3.8, 4) is 5.75 Å². The molecule has 1 aromatic rings. The van der Waals surface area contributed by atoms with Gasteiger partial charge in [0.1, 0.15) is 5.75 Å². The molecule has 0 aliphatic carbocycles. The Bertz CT molecular complexity index is 317. The van der Waals surface area contributed by atoms with Gasteiger partial charge < -0.3 is 15.6 Å². The van der Waals surface area contributed by atoms with Crippen LogP contribution in [0.15, 0.2) is 18.2 Å². The summed E-state index contributed by atoms with van der Waals surface area (Å²) in [5.41, 5.74) is 7.52. The minimum atomic E-state index is 0.190. The number of nitrogens with two attached hydrogens (primary N) is 1. The summed E-state index contributed by atoms with van der Waals surface area (Å²) in [7, 11) is 1.65. The molecular formula is C11H17NO2S. The van der Waals surface area contributed by atoms with Crippen LogP contribution < -0.4 is 10.5 Å². The van der Waals surface area contributed by atoms with Crippen LogP contribution in [0.3, 0.4) is 0 Å². The number of hydrogen-bond donors (Lipinski definition) is 2. The monoisotopic (exact) mass is 227 g/mol. The molecule has 84 valence electrons. The van der Waals surface area contributed by atoms with Crippen LogP contribution in [-0.4, -0.2) is 24.1 Å². The molecule has 0 amide bonds. The van der Waals surface area contributed by atoms with Gasteiger partial charge in [0.05, 0.1) is 13.7 Å². The lowest BCUT2D eigenvalue weighted by atomic mass is 10.2. The van der Waals surface area contributed by atoms with Gasteiger partial charge in [-0.05, 0) is 18.2 Å². The van der Waals surface area contributed by atoms with Crippen molar-refractivity contribution >= 4 is 17.4 Å². The van der Waals surface area contributed by atoms with Crippen molar-refractivity contribution in [1.82, 2.24) is 0 Å². The molecule has 1 unspecified atom stereocenters. The first-order chi connectivity index (χ1) is 7.17. The van der Waals surface area contributed by atoms with Gasteiger partial charge in [0, 0.05) is 22.3 Å². The Morgan fingerprint density at radius 2 is 2.27 bits per heavy atom. The van der Waals surface area contributed by atoms with E-state index in [4.69, 9.17) is 15.6 Å². The number of nitrogen functional groups attached to an aromatic ring is 1. The third kappa shape index (κ3) is 3.64. The average Bonchev–Trinajstić information content (AvgIpc) is 2.26. The van der Waals surface area contributed by atoms with E-state index < -0.39 is 0 Å². The highest BCUT2D eigenvalue weighted by Gasteiger charge is 2.06. The topological polar surface area (TPSA) is 55.5 Å². The van der Waals surface area contributed by atoms with Gasteiger partial charge in [-0.15, -0.1) is 0 Å². The molecule has 0 aliphatic rings. The van der Waals surface area contributed by atoms with E-state index in [2.05, 4.69) is 0 Å². The molecule has 15 heavy (non-hydrogen) atoms. The quantitative estimate of drug-likeness (QED) is 0.754. The summed E-state index contributed by atoms with van der Waals surface area (Å²) in [6.45, 7) is 2.18. The minimum absolute atomic E-state index is 0.190. The van der Waals surface area contributed by atoms with Gasteiger partial charge in [0.25, 0.3) is 0 Å². The molecule has 0 radical (unpaired) electrons. The van der Waals surface area contributed by atoms with E-state index in [-0.39, 0.29) is 11.9 Å². The van der Waals surface area contributed by atoms with E-state index >= 15 is 0 Å². The van der Waals surface area contributed by atoms with Gasteiger partial charge in [0.15, 0.2) is 0 Å². The first-order valence-electron chi connectivity index (χ1n) is 4.82. The van der Waals surface area contributed by atoms with Crippen molar-refractivity contribution in [2.45, 2.75) is 17.9 Å². The molecule has 0 fully saturated rings. The van der Waals surface area contributed by atoms with Crippen LogP contribution in [0.1, 0.15) is 12.5 Å². The fourth-order valence-electron chi connectivity index (χ4n) is 1.20. The third-order valence-electron chi connectivity index (χ3n) is 2.08. The second-order valence-corrected chi connectivity index (χ2v) is 4.80. The normalized spacial score (nSPS) is 12.5. The molecule has 3 nitrogen and oxygen atoms in total. The molecular weight excluding hydrogens is 210 g/mol. The Morgan fingerprint density at radius 3 is 2.87 bits per heavy atom.